The SMILES string of the molecule is CCC(N)CC(=O)OCC(C)C. The summed E-state index contributed by atoms with van der Waals surface area (Å²) in [6.45, 7) is 6.47. The Morgan fingerprint density at radius 3 is 2.50 bits per heavy atom. The predicted octanol–water partition coefficient (Wildman–Crippen LogP) is 1.31. The van der Waals surface area contributed by atoms with Crippen LogP contribution in [0.25, 0.3) is 0 Å². The standard InChI is InChI=1S/C9H19NO2/c1-4-8(10)5-9(11)12-6-7(2)3/h7-8H,4-6,10H2,1-3H3. The summed E-state index contributed by atoms with van der Waals surface area (Å²) in [7, 11) is 0. The fourth-order valence-corrected chi connectivity index (χ4v) is 0.677. The summed E-state index contributed by atoms with van der Waals surface area (Å²) in [6, 6.07) is -0.0512. The maximum atomic E-state index is 11.0. The molecule has 1 atom stereocenters. The molecule has 0 aliphatic rings. The van der Waals surface area contributed by atoms with Crippen LogP contribution in [0.3, 0.4) is 0 Å². The molecule has 0 fully saturated rings. The molecule has 3 heteroatoms. The second-order valence-electron chi connectivity index (χ2n) is 3.45. The Hall–Kier alpha value is -0.570. The molecule has 0 bridgehead atoms. The van der Waals surface area contributed by atoms with Gasteiger partial charge in [-0.25, -0.2) is 0 Å². The number of esters is 1. The zero-order valence-corrected chi connectivity index (χ0v) is 8.17. The number of nitrogens with two attached hydrogens (primary N) is 1. The average Bonchev–Trinajstić information content (AvgIpc) is 2.00. The smallest absolute Gasteiger partial charge is 0.307 e. The Morgan fingerprint density at radius 2 is 2.08 bits per heavy atom. The lowest BCUT2D eigenvalue weighted by atomic mass is 10.2. The van der Waals surface area contributed by atoms with Crippen LogP contribution in [0.5, 0.6) is 0 Å². The van der Waals surface area contributed by atoms with Gasteiger partial charge in [-0.05, 0) is 12.3 Å². The van der Waals surface area contributed by atoms with Crippen LogP contribution in [-0.4, -0.2) is 18.6 Å². The molecule has 0 saturated heterocycles. The number of hydrogen-bond acceptors (Lipinski definition) is 3. The van der Waals surface area contributed by atoms with Crippen LogP contribution in [0.15, 0.2) is 0 Å². The Balaban J connectivity index is 3.46. The maximum absolute atomic E-state index is 11.0. The van der Waals surface area contributed by atoms with Crippen LogP contribution < -0.4 is 5.73 Å². The molecular formula is C9H19NO2. The van der Waals surface area contributed by atoms with E-state index in [4.69, 9.17) is 10.5 Å². The second-order valence-corrected chi connectivity index (χ2v) is 3.45. The summed E-state index contributed by atoms with van der Waals surface area (Å²) in [5.74, 6) is 0.213. The lowest BCUT2D eigenvalue weighted by Crippen LogP contribution is -2.24. The van der Waals surface area contributed by atoms with Gasteiger partial charge in [0.1, 0.15) is 0 Å². The van der Waals surface area contributed by atoms with Crippen molar-refractivity contribution in [2.24, 2.45) is 11.7 Å². The van der Waals surface area contributed by atoms with Crippen molar-refractivity contribution in [2.45, 2.75) is 39.7 Å². The number of hydrogen-bond donors (Lipinski definition) is 1. The van der Waals surface area contributed by atoms with E-state index in [9.17, 15) is 4.79 Å². The fraction of sp³-hybridized carbons (Fsp3) is 0.889. The molecule has 0 spiro atoms. The predicted molar refractivity (Wildman–Crippen MR) is 48.7 cm³/mol. The molecule has 0 aliphatic heterocycles. The van der Waals surface area contributed by atoms with Crippen LogP contribution in [0.4, 0.5) is 0 Å². The second kappa shape index (κ2) is 6.00. The molecule has 0 aromatic carbocycles. The normalized spacial score (nSPS) is 13.1. The quantitative estimate of drug-likeness (QED) is 0.638. The van der Waals surface area contributed by atoms with Crippen molar-refractivity contribution in [2.75, 3.05) is 6.61 Å². The van der Waals surface area contributed by atoms with Gasteiger partial charge >= 0.3 is 5.97 Å². The summed E-state index contributed by atoms with van der Waals surface area (Å²) < 4.78 is 4.96. The molecule has 0 amide bonds. The van der Waals surface area contributed by atoms with Crippen molar-refractivity contribution in [3.8, 4) is 0 Å². The van der Waals surface area contributed by atoms with Crippen LogP contribution in [-0.2, 0) is 9.53 Å². The minimum Gasteiger partial charge on any atom is -0.465 e. The first-order chi connectivity index (χ1) is 5.56. The van der Waals surface area contributed by atoms with E-state index in [1.54, 1.807) is 0 Å². The summed E-state index contributed by atoms with van der Waals surface area (Å²) >= 11 is 0. The van der Waals surface area contributed by atoms with Gasteiger partial charge in [0, 0.05) is 6.04 Å². The van der Waals surface area contributed by atoms with E-state index in [1.807, 2.05) is 20.8 Å². The Bertz CT molecular complexity index is 134. The summed E-state index contributed by atoms with van der Waals surface area (Å²) in [5.41, 5.74) is 5.58. The number of ether oxygens (including phenoxy) is 1. The molecule has 0 aromatic heterocycles. The van der Waals surface area contributed by atoms with E-state index in [-0.39, 0.29) is 12.0 Å². The first kappa shape index (κ1) is 11.4. The van der Waals surface area contributed by atoms with Crippen molar-refractivity contribution >= 4 is 5.97 Å². The van der Waals surface area contributed by atoms with Gasteiger partial charge in [0.2, 0.25) is 0 Å². The molecule has 0 radical (unpaired) electrons. The largest absolute Gasteiger partial charge is 0.465 e. The van der Waals surface area contributed by atoms with Crippen molar-refractivity contribution in [1.82, 2.24) is 0 Å². The van der Waals surface area contributed by atoms with Crippen molar-refractivity contribution < 1.29 is 9.53 Å². The molecule has 72 valence electrons. The molecule has 0 saturated carbocycles. The highest BCUT2D eigenvalue weighted by Crippen LogP contribution is 1.99. The topological polar surface area (TPSA) is 52.3 Å². The van der Waals surface area contributed by atoms with E-state index < -0.39 is 0 Å². The summed E-state index contributed by atoms with van der Waals surface area (Å²) in [6.07, 6.45) is 1.15. The third-order valence-corrected chi connectivity index (χ3v) is 1.53. The third-order valence-electron chi connectivity index (χ3n) is 1.53. The Labute approximate surface area is 74.3 Å². The molecule has 2 N–H and O–H groups in total. The summed E-state index contributed by atoms with van der Waals surface area (Å²) in [4.78, 5) is 11.0. The lowest BCUT2D eigenvalue weighted by Gasteiger charge is -2.09. The van der Waals surface area contributed by atoms with Gasteiger partial charge in [0.15, 0.2) is 0 Å². The zero-order valence-electron chi connectivity index (χ0n) is 8.17. The first-order valence-electron chi connectivity index (χ1n) is 4.47. The molecule has 0 rings (SSSR count). The maximum Gasteiger partial charge on any atom is 0.307 e. The van der Waals surface area contributed by atoms with Crippen molar-refractivity contribution in [3.63, 3.8) is 0 Å². The summed E-state index contributed by atoms with van der Waals surface area (Å²) in [5, 5.41) is 0. The molecule has 12 heavy (non-hydrogen) atoms. The van der Waals surface area contributed by atoms with Gasteiger partial charge in [0.05, 0.1) is 13.0 Å². The highest BCUT2D eigenvalue weighted by molar-refractivity contribution is 5.70. The van der Waals surface area contributed by atoms with Gasteiger partial charge < -0.3 is 10.5 Å². The fourth-order valence-electron chi connectivity index (χ4n) is 0.677. The van der Waals surface area contributed by atoms with E-state index >= 15 is 0 Å². The highest BCUT2D eigenvalue weighted by atomic mass is 16.5. The monoisotopic (exact) mass is 173 g/mol. The first-order valence-corrected chi connectivity index (χ1v) is 4.47. The molecule has 1 unspecified atom stereocenters. The lowest BCUT2D eigenvalue weighted by molar-refractivity contribution is -0.145. The molecule has 0 aliphatic carbocycles. The van der Waals surface area contributed by atoms with Crippen LogP contribution >= 0.6 is 0 Å². The van der Waals surface area contributed by atoms with E-state index in [0.717, 1.165) is 6.42 Å². The van der Waals surface area contributed by atoms with Crippen LogP contribution in [0, 0.1) is 5.92 Å². The number of rotatable bonds is 5. The van der Waals surface area contributed by atoms with Crippen molar-refractivity contribution in [1.29, 1.82) is 0 Å². The van der Waals surface area contributed by atoms with E-state index in [0.29, 0.717) is 18.9 Å². The minimum atomic E-state index is -0.182. The van der Waals surface area contributed by atoms with E-state index in [2.05, 4.69) is 0 Å². The van der Waals surface area contributed by atoms with E-state index in [1.165, 1.54) is 0 Å². The van der Waals surface area contributed by atoms with Gasteiger partial charge in [-0.2, -0.15) is 0 Å². The Kier molecular flexibility index (Phi) is 5.72. The van der Waals surface area contributed by atoms with Crippen molar-refractivity contribution in [3.05, 3.63) is 0 Å². The highest BCUT2D eigenvalue weighted by Gasteiger charge is 2.08. The zero-order chi connectivity index (χ0) is 9.56. The molecule has 0 aromatic rings. The van der Waals surface area contributed by atoms with Gasteiger partial charge in [-0.3, -0.25) is 4.79 Å². The van der Waals surface area contributed by atoms with Crippen LogP contribution in [0.1, 0.15) is 33.6 Å². The molecule has 3 nitrogen and oxygen atoms in total. The third kappa shape index (κ3) is 6.16. The number of carbonyl (C=O) groups excluding carboxylic acids is 1. The Morgan fingerprint density at radius 1 is 1.50 bits per heavy atom. The van der Waals surface area contributed by atoms with Gasteiger partial charge in [-0.1, -0.05) is 20.8 Å². The molecule has 0 heterocycles. The van der Waals surface area contributed by atoms with Crippen LogP contribution in [0.2, 0.25) is 0 Å². The molecular weight excluding hydrogens is 154 g/mol. The van der Waals surface area contributed by atoms with Gasteiger partial charge in [0.25, 0.3) is 0 Å². The average molecular weight is 173 g/mol. The van der Waals surface area contributed by atoms with Gasteiger partial charge in [-0.15, -0.1) is 0 Å². The number of carbonyl (C=O) groups is 1. The minimum absolute atomic E-state index is 0.0512.